The highest BCUT2D eigenvalue weighted by molar-refractivity contribution is 5.32. The SMILES string of the molecule is Cc1ccccc1[C@](C)(CO)N1CCCCC1. The molecule has 17 heavy (non-hydrogen) atoms. The van der Waals surface area contributed by atoms with E-state index < -0.39 is 0 Å². The van der Waals surface area contributed by atoms with Gasteiger partial charge in [-0.25, -0.2) is 0 Å². The maximum atomic E-state index is 9.87. The minimum atomic E-state index is -0.217. The van der Waals surface area contributed by atoms with Gasteiger partial charge < -0.3 is 5.11 Å². The molecular weight excluding hydrogens is 210 g/mol. The van der Waals surface area contributed by atoms with Crippen LogP contribution in [0.15, 0.2) is 24.3 Å². The number of nitrogens with zero attached hydrogens (tertiary/aromatic N) is 1. The molecule has 1 saturated heterocycles. The predicted molar refractivity (Wildman–Crippen MR) is 71.0 cm³/mol. The van der Waals surface area contributed by atoms with E-state index in [0.29, 0.717) is 0 Å². The second-order valence-electron chi connectivity index (χ2n) is 5.29. The van der Waals surface area contributed by atoms with Crippen LogP contribution < -0.4 is 0 Å². The van der Waals surface area contributed by atoms with E-state index in [-0.39, 0.29) is 12.1 Å². The van der Waals surface area contributed by atoms with Crippen LogP contribution in [0.5, 0.6) is 0 Å². The van der Waals surface area contributed by atoms with Crippen LogP contribution >= 0.6 is 0 Å². The highest BCUT2D eigenvalue weighted by Gasteiger charge is 2.34. The van der Waals surface area contributed by atoms with Gasteiger partial charge in [0.25, 0.3) is 0 Å². The molecule has 1 atom stereocenters. The summed E-state index contributed by atoms with van der Waals surface area (Å²) in [7, 11) is 0. The number of rotatable bonds is 3. The summed E-state index contributed by atoms with van der Waals surface area (Å²) in [4.78, 5) is 2.44. The smallest absolute Gasteiger partial charge is 0.0668 e. The molecule has 0 spiro atoms. The van der Waals surface area contributed by atoms with E-state index in [1.165, 1.54) is 30.4 Å². The molecular formula is C15H23NO. The van der Waals surface area contributed by atoms with Gasteiger partial charge in [0, 0.05) is 0 Å². The Hall–Kier alpha value is -0.860. The zero-order valence-corrected chi connectivity index (χ0v) is 10.9. The molecule has 1 aromatic rings. The van der Waals surface area contributed by atoms with Crippen LogP contribution in [0.3, 0.4) is 0 Å². The maximum absolute atomic E-state index is 9.87. The Kier molecular flexibility index (Phi) is 3.85. The molecule has 0 unspecified atom stereocenters. The van der Waals surface area contributed by atoms with Crippen molar-refractivity contribution in [2.24, 2.45) is 0 Å². The topological polar surface area (TPSA) is 23.5 Å². The fourth-order valence-corrected chi connectivity index (χ4v) is 2.92. The van der Waals surface area contributed by atoms with Crippen molar-refractivity contribution >= 4 is 0 Å². The third-order valence-corrected chi connectivity index (χ3v) is 4.09. The summed E-state index contributed by atoms with van der Waals surface area (Å²) in [5.41, 5.74) is 2.32. The summed E-state index contributed by atoms with van der Waals surface area (Å²) in [6.07, 6.45) is 3.83. The fourth-order valence-electron chi connectivity index (χ4n) is 2.92. The molecule has 1 fully saturated rings. The van der Waals surface area contributed by atoms with Crippen molar-refractivity contribution in [3.8, 4) is 0 Å². The Balaban J connectivity index is 2.32. The first kappa shape index (κ1) is 12.6. The molecule has 1 N–H and O–H groups in total. The number of benzene rings is 1. The highest BCUT2D eigenvalue weighted by atomic mass is 16.3. The molecule has 0 radical (unpaired) electrons. The average Bonchev–Trinajstić information content (AvgIpc) is 2.39. The number of aliphatic hydroxyl groups is 1. The monoisotopic (exact) mass is 233 g/mol. The summed E-state index contributed by atoms with van der Waals surface area (Å²) in [5.74, 6) is 0. The van der Waals surface area contributed by atoms with E-state index in [1.54, 1.807) is 0 Å². The van der Waals surface area contributed by atoms with Crippen molar-refractivity contribution < 1.29 is 5.11 Å². The van der Waals surface area contributed by atoms with Crippen LogP contribution in [0.2, 0.25) is 0 Å². The van der Waals surface area contributed by atoms with Crippen molar-refractivity contribution in [3.05, 3.63) is 35.4 Å². The first-order valence-corrected chi connectivity index (χ1v) is 6.60. The number of piperidine rings is 1. The number of hydrogen-bond donors (Lipinski definition) is 1. The summed E-state index contributed by atoms with van der Waals surface area (Å²) in [6.45, 7) is 6.70. The van der Waals surface area contributed by atoms with Crippen molar-refractivity contribution in [1.82, 2.24) is 4.90 Å². The van der Waals surface area contributed by atoms with Crippen LogP contribution in [0.25, 0.3) is 0 Å². The van der Waals surface area contributed by atoms with Gasteiger partial charge in [-0.2, -0.15) is 0 Å². The summed E-state index contributed by atoms with van der Waals surface area (Å²) in [6, 6.07) is 8.42. The van der Waals surface area contributed by atoms with Crippen molar-refractivity contribution in [2.45, 2.75) is 38.6 Å². The van der Waals surface area contributed by atoms with Crippen LogP contribution in [-0.4, -0.2) is 29.7 Å². The second kappa shape index (κ2) is 5.19. The van der Waals surface area contributed by atoms with E-state index in [2.05, 4.69) is 43.0 Å². The first-order chi connectivity index (χ1) is 8.18. The van der Waals surface area contributed by atoms with Gasteiger partial charge in [0.15, 0.2) is 0 Å². The first-order valence-electron chi connectivity index (χ1n) is 6.60. The van der Waals surface area contributed by atoms with Crippen molar-refractivity contribution in [3.63, 3.8) is 0 Å². The van der Waals surface area contributed by atoms with E-state index in [1.807, 2.05) is 0 Å². The lowest BCUT2D eigenvalue weighted by Gasteiger charge is -2.43. The van der Waals surface area contributed by atoms with Gasteiger partial charge in [-0.15, -0.1) is 0 Å². The molecule has 1 aromatic carbocycles. The Bertz CT molecular complexity index is 371. The van der Waals surface area contributed by atoms with Crippen molar-refractivity contribution in [2.75, 3.05) is 19.7 Å². The normalized spacial score (nSPS) is 21.1. The maximum Gasteiger partial charge on any atom is 0.0668 e. The Morgan fingerprint density at radius 2 is 1.82 bits per heavy atom. The van der Waals surface area contributed by atoms with E-state index in [9.17, 15) is 5.11 Å². The number of aryl methyl sites for hydroxylation is 1. The second-order valence-corrected chi connectivity index (χ2v) is 5.29. The van der Waals surface area contributed by atoms with E-state index in [0.717, 1.165) is 13.1 Å². The molecule has 0 bridgehead atoms. The third-order valence-electron chi connectivity index (χ3n) is 4.09. The quantitative estimate of drug-likeness (QED) is 0.867. The van der Waals surface area contributed by atoms with Gasteiger partial charge in [0.05, 0.1) is 12.1 Å². The minimum Gasteiger partial charge on any atom is -0.394 e. The van der Waals surface area contributed by atoms with Gasteiger partial charge in [0.1, 0.15) is 0 Å². The molecule has 1 heterocycles. The van der Waals surface area contributed by atoms with Crippen molar-refractivity contribution in [1.29, 1.82) is 0 Å². The molecule has 1 aliphatic heterocycles. The zero-order valence-electron chi connectivity index (χ0n) is 10.9. The molecule has 1 aliphatic rings. The average molecular weight is 233 g/mol. The molecule has 2 nitrogen and oxygen atoms in total. The molecule has 0 aliphatic carbocycles. The molecule has 0 amide bonds. The summed E-state index contributed by atoms with van der Waals surface area (Å²) >= 11 is 0. The van der Waals surface area contributed by atoms with Gasteiger partial charge in [-0.3, -0.25) is 4.90 Å². The third kappa shape index (κ3) is 2.38. The van der Waals surface area contributed by atoms with Crippen LogP contribution in [0.4, 0.5) is 0 Å². The Labute approximate surface area is 104 Å². The van der Waals surface area contributed by atoms with Gasteiger partial charge in [-0.05, 0) is 50.9 Å². The standard InChI is InChI=1S/C15H23NO/c1-13-8-4-5-9-14(13)15(2,12-17)16-10-6-3-7-11-16/h4-5,8-9,17H,3,6-7,10-12H2,1-2H3/t15-/m0/s1. The number of hydrogen-bond acceptors (Lipinski definition) is 2. The molecule has 2 heteroatoms. The number of likely N-dealkylation sites (tertiary alicyclic amines) is 1. The van der Waals surface area contributed by atoms with Crippen LogP contribution in [-0.2, 0) is 5.54 Å². The molecule has 0 saturated carbocycles. The van der Waals surface area contributed by atoms with Gasteiger partial charge in [0.2, 0.25) is 0 Å². The van der Waals surface area contributed by atoms with E-state index in [4.69, 9.17) is 0 Å². The molecule has 94 valence electrons. The largest absolute Gasteiger partial charge is 0.394 e. The minimum absolute atomic E-state index is 0.192. The lowest BCUT2D eigenvalue weighted by atomic mass is 9.86. The fraction of sp³-hybridized carbons (Fsp3) is 0.600. The van der Waals surface area contributed by atoms with Crippen LogP contribution in [0.1, 0.15) is 37.3 Å². The molecule has 2 rings (SSSR count). The number of aliphatic hydroxyl groups excluding tert-OH is 1. The predicted octanol–water partition coefficient (Wildman–Crippen LogP) is 2.69. The highest BCUT2D eigenvalue weighted by Crippen LogP contribution is 2.32. The lowest BCUT2D eigenvalue weighted by molar-refractivity contribution is 0.0256. The lowest BCUT2D eigenvalue weighted by Crippen LogP contribution is -2.49. The van der Waals surface area contributed by atoms with Gasteiger partial charge in [-0.1, -0.05) is 30.7 Å². The van der Waals surface area contributed by atoms with Crippen LogP contribution in [0, 0.1) is 6.92 Å². The molecule has 0 aromatic heterocycles. The van der Waals surface area contributed by atoms with Gasteiger partial charge >= 0.3 is 0 Å². The van der Waals surface area contributed by atoms with E-state index >= 15 is 0 Å². The summed E-state index contributed by atoms with van der Waals surface area (Å²) < 4.78 is 0. The Morgan fingerprint density at radius 1 is 1.18 bits per heavy atom. The summed E-state index contributed by atoms with van der Waals surface area (Å²) in [5, 5.41) is 9.87. The zero-order chi connectivity index (χ0) is 12.3. The Morgan fingerprint density at radius 3 is 2.41 bits per heavy atom.